The maximum Gasteiger partial charge on any atom is 0.127 e. The standard InChI is InChI=1S/C15H15OP/c1-16-15-9-13-11(8-14(13)15)10-17(2)12-6-4-3-5-7-12/h3-9H,10H2,1-2H3. The maximum atomic E-state index is 5.22. The van der Waals surface area contributed by atoms with E-state index in [0.717, 1.165) is 5.75 Å². The lowest BCUT2D eigenvalue weighted by atomic mass is 9.99. The highest BCUT2D eigenvalue weighted by atomic mass is 31.1. The Morgan fingerprint density at radius 2 is 1.82 bits per heavy atom. The van der Waals surface area contributed by atoms with Gasteiger partial charge < -0.3 is 4.74 Å². The van der Waals surface area contributed by atoms with Crippen molar-refractivity contribution in [2.24, 2.45) is 0 Å². The number of rotatable bonds is 4. The van der Waals surface area contributed by atoms with E-state index in [-0.39, 0.29) is 7.92 Å². The summed E-state index contributed by atoms with van der Waals surface area (Å²) in [5, 5.41) is 4.22. The summed E-state index contributed by atoms with van der Waals surface area (Å²) < 4.78 is 5.22. The second kappa shape index (κ2) is 4.16. The highest BCUT2D eigenvalue weighted by Crippen LogP contribution is 2.38. The predicted octanol–water partition coefficient (Wildman–Crippen LogP) is 3.23. The first kappa shape index (κ1) is 10.8. The van der Waals surface area contributed by atoms with Crippen LogP contribution in [0.5, 0.6) is 5.75 Å². The third-order valence-electron chi connectivity index (χ3n) is 3.32. The molecule has 0 fully saturated rings. The second-order valence-electron chi connectivity index (χ2n) is 4.40. The van der Waals surface area contributed by atoms with Gasteiger partial charge in [0.1, 0.15) is 5.75 Å². The van der Waals surface area contributed by atoms with Crippen molar-refractivity contribution in [3.8, 4) is 5.75 Å². The van der Waals surface area contributed by atoms with Gasteiger partial charge in [-0.05, 0) is 41.0 Å². The molecule has 0 aromatic heterocycles. The third kappa shape index (κ3) is 1.75. The van der Waals surface area contributed by atoms with Crippen molar-refractivity contribution >= 4 is 13.2 Å². The van der Waals surface area contributed by atoms with Crippen LogP contribution in [0.15, 0.2) is 42.5 Å². The van der Waals surface area contributed by atoms with Gasteiger partial charge in [0.05, 0.1) is 7.11 Å². The first-order valence-corrected chi connectivity index (χ1v) is 7.74. The molecule has 1 unspecified atom stereocenters. The van der Waals surface area contributed by atoms with Crippen molar-refractivity contribution in [3.05, 3.63) is 58.5 Å². The van der Waals surface area contributed by atoms with E-state index < -0.39 is 0 Å². The van der Waals surface area contributed by atoms with Gasteiger partial charge >= 0.3 is 0 Å². The molecule has 0 bridgehead atoms. The van der Waals surface area contributed by atoms with E-state index >= 15 is 0 Å². The number of methoxy groups -OCH3 is 1. The molecule has 2 aliphatic rings. The molecule has 86 valence electrons. The molecule has 0 spiro atoms. The molecule has 2 aliphatic carbocycles. The fourth-order valence-corrected chi connectivity index (χ4v) is 3.90. The summed E-state index contributed by atoms with van der Waals surface area (Å²) >= 11 is 0. The molecule has 0 amide bonds. The number of benzene rings is 2. The van der Waals surface area contributed by atoms with Gasteiger partial charge in [-0.15, -0.1) is 0 Å². The molecular weight excluding hydrogens is 227 g/mol. The minimum absolute atomic E-state index is 0.0725. The van der Waals surface area contributed by atoms with Gasteiger partial charge in [-0.1, -0.05) is 38.3 Å². The van der Waals surface area contributed by atoms with Crippen LogP contribution < -0.4 is 10.0 Å². The highest BCUT2D eigenvalue weighted by Gasteiger charge is 2.15. The SMILES string of the molecule is COc1cc2c(CP(C)c3ccccc3)cc1=2. The topological polar surface area (TPSA) is 9.23 Å². The normalized spacial score (nSPS) is 13.3. The van der Waals surface area contributed by atoms with E-state index in [1.807, 2.05) is 0 Å². The molecule has 1 atom stereocenters. The van der Waals surface area contributed by atoms with Crippen LogP contribution in [0.25, 0.3) is 0 Å². The highest BCUT2D eigenvalue weighted by molar-refractivity contribution is 7.64. The first-order chi connectivity index (χ1) is 8.29. The first-order valence-electron chi connectivity index (χ1n) is 5.77. The quantitative estimate of drug-likeness (QED) is 0.638. The van der Waals surface area contributed by atoms with E-state index in [1.54, 1.807) is 7.11 Å². The van der Waals surface area contributed by atoms with Gasteiger partial charge in [-0.25, -0.2) is 0 Å². The lowest BCUT2D eigenvalue weighted by Gasteiger charge is -2.19. The zero-order valence-electron chi connectivity index (χ0n) is 10.1. The third-order valence-corrected chi connectivity index (χ3v) is 5.31. The molecule has 3 rings (SSSR count). The fraction of sp³-hybridized carbons (Fsp3) is 0.200. The van der Waals surface area contributed by atoms with Crippen molar-refractivity contribution in [2.75, 3.05) is 13.8 Å². The van der Waals surface area contributed by atoms with Gasteiger partial charge in [-0.2, -0.15) is 0 Å². The Balaban J connectivity index is 1.76. The molecular formula is C15H15OP. The Morgan fingerprint density at radius 1 is 1.06 bits per heavy atom. The molecule has 17 heavy (non-hydrogen) atoms. The molecule has 0 N–H and O–H groups in total. The predicted molar refractivity (Wildman–Crippen MR) is 73.3 cm³/mol. The Morgan fingerprint density at radius 3 is 2.41 bits per heavy atom. The summed E-state index contributed by atoms with van der Waals surface area (Å²) in [5.41, 5.74) is 1.50. The van der Waals surface area contributed by atoms with Crippen molar-refractivity contribution in [1.82, 2.24) is 0 Å². The summed E-state index contributed by atoms with van der Waals surface area (Å²) in [5.74, 6) is 1.05. The summed E-state index contributed by atoms with van der Waals surface area (Å²) in [6.45, 7) is 2.35. The van der Waals surface area contributed by atoms with Crippen molar-refractivity contribution in [3.63, 3.8) is 0 Å². The molecule has 0 radical (unpaired) electrons. The van der Waals surface area contributed by atoms with Gasteiger partial charge in [0.2, 0.25) is 0 Å². The average molecular weight is 242 g/mol. The Bertz CT molecular complexity index is 634. The molecule has 0 saturated heterocycles. The minimum Gasteiger partial charge on any atom is -0.496 e. The lowest BCUT2D eigenvalue weighted by Crippen LogP contribution is -2.05. The van der Waals surface area contributed by atoms with Crippen molar-refractivity contribution in [1.29, 1.82) is 0 Å². The Labute approximate surface area is 103 Å². The van der Waals surface area contributed by atoms with Crippen LogP contribution in [-0.4, -0.2) is 13.8 Å². The second-order valence-corrected chi connectivity index (χ2v) is 6.63. The van der Waals surface area contributed by atoms with Gasteiger partial charge in [0, 0.05) is 5.22 Å². The fourth-order valence-electron chi connectivity index (χ4n) is 2.26. The number of hydrogen-bond acceptors (Lipinski definition) is 1. The monoisotopic (exact) mass is 242 g/mol. The van der Waals surface area contributed by atoms with Crippen LogP contribution in [0, 0.1) is 10.4 Å². The van der Waals surface area contributed by atoms with Gasteiger partial charge in [0.25, 0.3) is 0 Å². The van der Waals surface area contributed by atoms with Crippen LogP contribution in [0.3, 0.4) is 0 Å². The number of ether oxygens (including phenoxy) is 1. The van der Waals surface area contributed by atoms with Crippen molar-refractivity contribution in [2.45, 2.75) is 6.16 Å². The Hall–Kier alpha value is -1.33. The van der Waals surface area contributed by atoms with Crippen LogP contribution in [0.2, 0.25) is 0 Å². The van der Waals surface area contributed by atoms with Crippen molar-refractivity contribution < 1.29 is 4.74 Å². The zero-order chi connectivity index (χ0) is 11.8. The zero-order valence-corrected chi connectivity index (χ0v) is 11.0. The molecule has 2 heteroatoms. The van der Waals surface area contributed by atoms with E-state index in [4.69, 9.17) is 4.74 Å². The maximum absolute atomic E-state index is 5.22. The average Bonchev–Trinajstić information content (AvgIpc) is 2.36. The largest absolute Gasteiger partial charge is 0.496 e. The molecule has 1 nitrogen and oxygen atoms in total. The van der Waals surface area contributed by atoms with Crippen LogP contribution in [-0.2, 0) is 6.16 Å². The molecule has 0 heterocycles. The van der Waals surface area contributed by atoms with E-state index in [0.29, 0.717) is 0 Å². The van der Waals surface area contributed by atoms with Gasteiger partial charge in [0.15, 0.2) is 0 Å². The number of hydrogen-bond donors (Lipinski definition) is 0. The van der Waals surface area contributed by atoms with Crippen LogP contribution in [0.4, 0.5) is 0 Å². The summed E-state index contributed by atoms with van der Waals surface area (Å²) in [6.07, 6.45) is 1.19. The summed E-state index contributed by atoms with van der Waals surface area (Å²) in [6, 6.07) is 15.2. The molecule has 0 aliphatic heterocycles. The summed E-state index contributed by atoms with van der Waals surface area (Å²) in [4.78, 5) is 0. The lowest BCUT2D eigenvalue weighted by molar-refractivity contribution is 0.406. The molecule has 1 aromatic carbocycles. The Kier molecular flexibility index (Phi) is 2.64. The smallest absolute Gasteiger partial charge is 0.127 e. The van der Waals surface area contributed by atoms with E-state index in [9.17, 15) is 0 Å². The summed E-state index contributed by atoms with van der Waals surface area (Å²) in [7, 11) is 1.66. The van der Waals surface area contributed by atoms with E-state index in [2.05, 4.69) is 49.1 Å². The molecule has 0 saturated carbocycles. The van der Waals surface area contributed by atoms with Gasteiger partial charge in [-0.3, -0.25) is 0 Å². The van der Waals surface area contributed by atoms with Crippen LogP contribution >= 0.6 is 7.92 Å². The minimum atomic E-state index is -0.0725. The van der Waals surface area contributed by atoms with Crippen LogP contribution in [0.1, 0.15) is 5.56 Å². The van der Waals surface area contributed by atoms with E-state index in [1.165, 1.54) is 27.5 Å². The molecule has 1 aromatic rings.